The molecule has 0 saturated heterocycles. The summed E-state index contributed by atoms with van der Waals surface area (Å²) < 4.78 is 4.81. The largest absolute Gasteiger partial charge is 0.504 e. The maximum Gasteiger partial charge on any atom is 0.339 e. The van der Waals surface area contributed by atoms with Gasteiger partial charge in [0.1, 0.15) is 0 Å². The third-order valence-corrected chi connectivity index (χ3v) is 2.77. The van der Waals surface area contributed by atoms with E-state index in [1.807, 2.05) is 0 Å². The topological polar surface area (TPSA) is 145 Å². The summed E-state index contributed by atoms with van der Waals surface area (Å²) in [5, 5.41) is 46.2. The molecule has 2 atom stereocenters. The lowest BCUT2D eigenvalue weighted by atomic mass is 9.89. The van der Waals surface area contributed by atoms with Crippen molar-refractivity contribution >= 4 is 11.9 Å². The molecule has 1 aromatic carbocycles. The number of carboxylic acids is 2. The van der Waals surface area contributed by atoms with E-state index in [0.717, 1.165) is 0 Å². The Morgan fingerprint density at radius 2 is 1.95 bits per heavy atom. The van der Waals surface area contributed by atoms with Gasteiger partial charge in [-0.05, 0) is 17.7 Å². The number of aliphatic hydroxyl groups is 2. The van der Waals surface area contributed by atoms with Gasteiger partial charge < -0.3 is 30.3 Å². The lowest BCUT2D eigenvalue weighted by Gasteiger charge is -2.26. The van der Waals surface area contributed by atoms with Gasteiger partial charge in [0.25, 0.3) is 0 Å². The summed E-state index contributed by atoms with van der Waals surface area (Å²) in [5.74, 6) is -3.91. The molecule has 5 N–H and O–H groups in total. The predicted molar refractivity (Wildman–Crippen MR) is 64.6 cm³/mol. The van der Waals surface area contributed by atoms with E-state index in [4.69, 9.17) is 14.9 Å². The summed E-state index contributed by atoms with van der Waals surface area (Å²) in [6.07, 6.45) is -3.17. The minimum absolute atomic E-state index is 0.0278. The zero-order valence-corrected chi connectivity index (χ0v) is 10.5. The SMILES string of the molecule is COc1cc(C[C@](O)(C(=O)O)[C@H](O)C(=O)O)ccc1O. The van der Waals surface area contributed by atoms with Crippen molar-refractivity contribution in [2.75, 3.05) is 7.11 Å². The second-order valence-corrected chi connectivity index (χ2v) is 4.15. The first-order valence-electron chi connectivity index (χ1n) is 5.45. The third kappa shape index (κ3) is 2.98. The van der Waals surface area contributed by atoms with Gasteiger partial charge in [0.05, 0.1) is 7.11 Å². The molecule has 110 valence electrons. The average molecular weight is 286 g/mol. The molecule has 0 unspecified atom stereocenters. The smallest absolute Gasteiger partial charge is 0.339 e. The molecule has 0 aliphatic carbocycles. The van der Waals surface area contributed by atoms with Crippen LogP contribution in [-0.4, -0.2) is 56.3 Å². The fourth-order valence-corrected chi connectivity index (χ4v) is 1.64. The Morgan fingerprint density at radius 1 is 1.35 bits per heavy atom. The van der Waals surface area contributed by atoms with E-state index >= 15 is 0 Å². The Morgan fingerprint density at radius 3 is 2.40 bits per heavy atom. The van der Waals surface area contributed by atoms with Crippen LogP contribution in [0.1, 0.15) is 5.56 Å². The number of hydrogen-bond acceptors (Lipinski definition) is 6. The number of carbonyl (C=O) groups is 2. The monoisotopic (exact) mass is 286 g/mol. The van der Waals surface area contributed by atoms with Gasteiger partial charge in [0.15, 0.2) is 17.6 Å². The standard InChI is InChI=1S/C12H14O8/c1-20-8-4-6(2-3-7(8)13)5-12(19,11(17)18)9(14)10(15)16/h2-4,9,13-14,19H,5H2,1H3,(H,15,16)(H,17,18)/t9-,12-/m1/s1. The summed E-state index contributed by atoms with van der Waals surface area (Å²) in [4.78, 5) is 21.7. The molecule has 8 heteroatoms. The molecular weight excluding hydrogens is 272 g/mol. The van der Waals surface area contributed by atoms with Crippen LogP contribution in [0.25, 0.3) is 0 Å². The quantitative estimate of drug-likeness (QED) is 0.457. The summed E-state index contributed by atoms with van der Waals surface area (Å²) in [7, 11) is 1.27. The van der Waals surface area contributed by atoms with E-state index in [9.17, 15) is 24.9 Å². The second kappa shape index (κ2) is 5.76. The maximum atomic E-state index is 11.0. The maximum absolute atomic E-state index is 11.0. The summed E-state index contributed by atoms with van der Waals surface area (Å²) in [6, 6.07) is 3.71. The van der Waals surface area contributed by atoms with Crippen LogP contribution in [0.5, 0.6) is 11.5 Å². The predicted octanol–water partition coefficient (Wildman–Crippen LogP) is -0.796. The summed E-state index contributed by atoms with van der Waals surface area (Å²) in [6.45, 7) is 0. The fourth-order valence-electron chi connectivity index (χ4n) is 1.64. The highest BCUT2D eigenvalue weighted by molar-refractivity contribution is 5.87. The van der Waals surface area contributed by atoms with Crippen LogP contribution in [0.2, 0.25) is 0 Å². The van der Waals surface area contributed by atoms with Gasteiger partial charge >= 0.3 is 11.9 Å². The van der Waals surface area contributed by atoms with E-state index in [2.05, 4.69) is 0 Å². The van der Waals surface area contributed by atoms with Crippen LogP contribution in [0, 0.1) is 0 Å². The fraction of sp³-hybridized carbons (Fsp3) is 0.333. The highest BCUT2D eigenvalue weighted by atomic mass is 16.5. The number of ether oxygens (including phenoxy) is 1. The Bertz CT molecular complexity index is 526. The normalized spacial score (nSPS) is 15.2. The van der Waals surface area contributed by atoms with Gasteiger partial charge in [0, 0.05) is 6.42 Å². The molecule has 1 aromatic rings. The van der Waals surface area contributed by atoms with E-state index in [1.54, 1.807) is 0 Å². The number of aromatic hydroxyl groups is 1. The van der Waals surface area contributed by atoms with E-state index < -0.39 is 30.1 Å². The molecule has 0 fully saturated rings. The van der Waals surface area contributed by atoms with Crippen LogP contribution in [0.15, 0.2) is 18.2 Å². The van der Waals surface area contributed by atoms with Crippen molar-refractivity contribution in [1.82, 2.24) is 0 Å². The molecule has 0 bridgehead atoms. The van der Waals surface area contributed by atoms with Crippen molar-refractivity contribution in [1.29, 1.82) is 0 Å². The molecule has 0 spiro atoms. The molecule has 20 heavy (non-hydrogen) atoms. The Labute approximate surface area is 113 Å². The molecule has 0 radical (unpaired) electrons. The first-order valence-corrected chi connectivity index (χ1v) is 5.45. The lowest BCUT2D eigenvalue weighted by molar-refractivity contribution is -0.183. The number of aliphatic carboxylic acids is 2. The number of hydrogen-bond donors (Lipinski definition) is 5. The number of phenolic OH excluding ortho intramolecular Hbond substituents is 1. The van der Waals surface area contributed by atoms with Crippen molar-refractivity contribution in [2.24, 2.45) is 0 Å². The van der Waals surface area contributed by atoms with Crippen LogP contribution < -0.4 is 4.74 Å². The Kier molecular flexibility index (Phi) is 4.53. The molecule has 0 saturated carbocycles. The summed E-state index contributed by atoms with van der Waals surface area (Å²) >= 11 is 0. The van der Waals surface area contributed by atoms with E-state index in [1.165, 1.54) is 25.3 Å². The van der Waals surface area contributed by atoms with Gasteiger partial charge in [-0.2, -0.15) is 0 Å². The van der Waals surface area contributed by atoms with Gasteiger partial charge in [-0.1, -0.05) is 6.07 Å². The molecular formula is C12H14O8. The van der Waals surface area contributed by atoms with E-state index in [-0.39, 0.29) is 17.1 Å². The number of carboxylic acid groups (broad SMARTS) is 2. The molecule has 0 aromatic heterocycles. The average Bonchev–Trinajstić information content (AvgIpc) is 2.39. The first kappa shape index (κ1) is 15.7. The highest BCUT2D eigenvalue weighted by Crippen LogP contribution is 2.29. The van der Waals surface area contributed by atoms with Gasteiger partial charge in [-0.15, -0.1) is 0 Å². The number of benzene rings is 1. The summed E-state index contributed by atoms with van der Waals surface area (Å²) in [5.41, 5.74) is -2.72. The second-order valence-electron chi connectivity index (χ2n) is 4.15. The van der Waals surface area contributed by atoms with Crippen LogP contribution >= 0.6 is 0 Å². The Hall–Kier alpha value is -2.32. The van der Waals surface area contributed by atoms with Crippen molar-refractivity contribution in [3.8, 4) is 11.5 Å². The number of methoxy groups -OCH3 is 1. The van der Waals surface area contributed by atoms with Crippen LogP contribution in [-0.2, 0) is 16.0 Å². The first-order chi connectivity index (χ1) is 9.22. The molecule has 0 aliphatic heterocycles. The van der Waals surface area contributed by atoms with Gasteiger partial charge in [-0.3, -0.25) is 0 Å². The molecule has 8 nitrogen and oxygen atoms in total. The minimum atomic E-state index is -2.90. The van der Waals surface area contributed by atoms with Gasteiger partial charge in [0.2, 0.25) is 5.60 Å². The third-order valence-electron chi connectivity index (χ3n) is 2.77. The molecule has 1 rings (SSSR count). The minimum Gasteiger partial charge on any atom is -0.504 e. The lowest BCUT2D eigenvalue weighted by Crippen LogP contribution is -2.54. The highest BCUT2D eigenvalue weighted by Gasteiger charge is 2.47. The Balaban J connectivity index is 3.14. The zero-order valence-electron chi connectivity index (χ0n) is 10.5. The molecule has 0 heterocycles. The van der Waals surface area contributed by atoms with Crippen LogP contribution in [0.4, 0.5) is 0 Å². The van der Waals surface area contributed by atoms with Gasteiger partial charge in [-0.25, -0.2) is 9.59 Å². The zero-order chi connectivity index (χ0) is 15.5. The molecule has 0 aliphatic rings. The van der Waals surface area contributed by atoms with Crippen molar-refractivity contribution in [3.05, 3.63) is 23.8 Å². The van der Waals surface area contributed by atoms with Crippen molar-refractivity contribution in [3.63, 3.8) is 0 Å². The molecule has 0 amide bonds. The van der Waals surface area contributed by atoms with Crippen LogP contribution in [0.3, 0.4) is 0 Å². The number of phenols is 1. The van der Waals surface area contributed by atoms with Crippen molar-refractivity contribution in [2.45, 2.75) is 18.1 Å². The number of rotatable bonds is 6. The van der Waals surface area contributed by atoms with E-state index in [0.29, 0.717) is 0 Å². The number of aliphatic hydroxyl groups excluding tert-OH is 1. The van der Waals surface area contributed by atoms with Crippen molar-refractivity contribution < 1.29 is 39.9 Å².